The van der Waals surface area contributed by atoms with E-state index < -0.39 is 0 Å². The maximum atomic E-state index is 13.0. The molecule has 0 spiro atoms. The molecule has 2 unspecified atom stereocenters. The second kappa shape index (κ2) is 6.59. The second-order valence-corrected chi connectivity index (χ2v) is 8.73. The Morgan fingerprint density at radius 1 is 1.29 bits per heavy atom. The zero-order valence-electron chi connectivity index (χ0n) is 16.5. The number of aryl methyl sites for hydroxylation is 1. The molecular formula is C23H27N3O2. The Morgan fingerprint density at radius 2 is 2.14 bits per heavy atom. The van der Waals surface area contributed by atoms with E-state index in [1.54, 1.807) is 6.20 Å². The van der Waals surface area contributed by atoms with Gasteiger partial charge in [0.2, 0.25) is 5.91 Å². The number of aromatic nitrogens is 1. The third-order valence-electron chi connectivity index (χ3n) is 6.51. The molecule has 1 aromatic heterocycles. The van der Waals surface area contributed by atoms with E-state index in [0.29, 0.717) is 5.92 Å². The fourth-order valence-corrected chi connectivity index (χ4v) is 4.51. The number of hydrogen-bond donors (Lipinski definition) is 1. The van der Waals surface area contributed by atoms with Crippen LogP contribution in [0.25, 0.3) is 0 Å². The molecule has 5 nitrogen and oxygen atoms in total. The van der Waals surface area contributed by atoms with Crippen LogP contribution in [0.4, 0.5) is 11.5 Å². The number of amides is 1. The Morgan fingerprint density at radius 3 is 2.93 bits per heavy atom. The van der Waals surface area contributed by atoms with Crippen LogP contribution in [0.5, 0.6) is 0 Å². The van der Waals surface area contributed by atoms with Gasteiger partial charge in [0.25, 0.3) is 0 Å². The van der Waals surface area contributed by atoms with Gasteiger partial charge in [-0.3, -0.25) is 4.79 Å². The number of anilines is 2. The topological polar surface area (TPSA) is 57.8 Å². The first kappa shape index (κ1) is 17.7. The summed E-state index contributed by atoms with van der Waals surface area (Å²) in [6.45, 7) is 5.04. The summed E-state index contributed by atoms with van der Waals surface area (Å²) in [6, 6.07) is 12.4. The van der Waals surface area contributed by atoms with Crippen molar-refractivity contribution in [2.24, 2.45) is 11.3 Å². The lowest BCUT2D eigenvalue weighted by Gasteiger charge is -2.23. The fourth-order valence-electron chi connectivity index (χ4n) is 4.51. The molecule has 2 aliphatic heterocycles. The van der Waals surface area contributed by atoms with Gasteiger partial charge in [-0.1, -0.05) is 36.8 Å². The summed E-state index contributed by atoms with van der Waals surface area (Å²) >= 11 is 0. The Bertz CT molecular complexity index is 910. The average Bonchev–Trinajstić information content (AvgIpc) is 3.59. The summed E-state index contributed by atoms with van der Waals surface area (Å²) in [5.41, 5.74) is 3.32. The number of hydrogen-bond acceptors (Lipinski definition) is 4. The van der Waals surface area contributed by atoms with Crippen molar-refractivity contribution in [1.29, 1.82) is 0 Å². The Hall–Kier alpha value is -2.40. The molecular weight excluding hydrogens is 350 g/mol. The minimum absolute atomic E-state index is 0.0192. The van der Waals surface area contributed by atoms with Crippen LogP contribution in [-0.4, -0.2) is 29.8 Å². The standard InChI is InChI=1S/C23H27N3O2/c1-15-4-3-5-16(12-15)13-19-21(28-19)25-20-14-18(8-10-24-20)26-11-9-23(2,22(26)27)17-6-7-17/h3-5,8,10,12,14,17,19,21H,6-7,9,11,13H2,1-2H3,(H,24,25)/t19?,21?,23-/m0/s1. The molecule has 2 aromatic rings. The van der Waals surface area contributed by atoms with Crippen LogP contribution < -0.4 is 10.2 Å². The second-order valence-electron chi connectivity index (χ2n) is 8.73. The summed E-state index contributed by atoms with van der Waals surface area (Å²) in [4.78, 5) is 19.4. The number of epoxide rings is 1. The quantitative estimate of drug-likeness (QED) is 0.775. The van der Waals surface area contributed by atoms with Gasteiger partial charge < -0.3 is 15.0 Å². The smallest absolute Gasteiger partial charge is 0.233 e. The number of nitrogens with zero attached hydrogens (tertiary/aromatic N) is 2. The predicted octanol–water partition coefficient (Wildman–Crippen LogP) is 3.92. The van der Waals surface area contributed by atoms with Crippen molar-refractivity contribution in [3.8, 4) is 0 Å². The lowest BCUT2D eigenvalue weighted by atomic mass is 9.83. The predicted molar refractivity (Wildman–Crippen MR) is 109 cm³/mol. The lowest BCUT2D eigenvalue weighted by Crippen LogP contribution is -2.34. The van der Waals surface area contributed by atoms with Crippen LogP contribution in [0.2, 0.25) is 0 Å². The van der Waals surface area contributed by atoms with E-state index in [4.69, 9.17) is 4.74 Å². The van der Waals surface area contributed by atoms with Gasteiger partial charge in [-0.05, 0) is 43.7 Å². The molecule has 3 fully saturated rings. The van der Waals surface area contributed by atoms with Gasteiger partial charge in [-0.15, -0.1) is 0 Å². The van der Waals surface area contributed by atoms with Gasteiger partial charge in [-0.25, -0.2) is 4.98 Å². The van der Waals surface area contributed by atoms with Crippen molar-refractivity contribution in [3.05, 3.63) is 53.7 Å². The van der Waals surface area contributed by atoms with E-state index in [1.165, 1.54) is 24.0 Å². The van der Waals surface area contributed by atoms with Crippen molar-refractivity contribution >= 4 is 17.4 Å². The van der Waals surface area contributed by atoms with Crippen LogP contribution in [0.3, 0.4) is 0 Å². The van der Waals surface area contributed by atoms with E-state index in [2.05, 4.69) is 48.4 Å². The van der Waals surface area contributed by atoms with Crippen molar-refractivity contribution in [1.82, 2.24) is 4.98 Å². The summed E-state index contributed by atoms with van der Waals surface area (Å²) in [5, 5.41) is 3.36. The van der Waals surface area contributed by atoms with Gasteiger partial charge in [-0.2, -0.15) is 0 Å². The zero-order chi connectivity index (χ0) is 19.3. The van der Waals surface area contributed by atoms with Gasteiger partial charge in [0, 0.05) is 30.9 Å². The molecule has 1 aliphatic carbocycles. The Labute approximate surface area is 166 Å². The molecule has 28 heavy (non-hydrogen) atoms. The van der Waals surface area contributed by atoms with Crippen LogP contribution >= 0.6 is 0 Å². The fraction of sp³-hybridized carbons (Fsp3) is 0.478. The van der Waals surface area contributed by atoms with Crippen LogP contribution in [0.15, 0.2) is 42.6 Å². The number of nitrogens with one attached hydrogen (secondary N) is 1. The molecule has 146 valence electrons. The van der Waals surface area contributed by atoms with E-state index in [1.807, 2.05) is 17.0 Å². The Kier molecular flexibility index (Phi) is 4.16. The molecule has 3 heterocycles. The number of rotatable bonds is 6. The molecule has 0 bridgehead atoms. The summed E-state index contributed by atoms with van der Waals surface area (Å²) in [6.07, 6.45) is 6.15. The molecule has 1 saturated carbocycles. The van der Waals surface area contributed by atoms with Crippen LogP contribution in [0.1, 0.15) is 37.3 Å². The van der Waals surface area contributed by atoms with Gasteiger partial charge >= 0.3 is 0 Å². The minimum Gasteiger partial charge on any atom is -0.347 e. The maximum absolute atomic E-state index is 13.0. The molecule has 1 amide bonds. The highest BCUT2D eigenvalue weighted by Crippen LogP contribution is 2.51. The van der Waals surface area contributed by atoms with Crippen LogP contribution in [0, 0.1) is 18.3 Å². The van der Waals surface area contributed by atoms with E-state index >= 15 is 0 Å². The number of carbonyl (C=O) groups is 1. The van der Waals surface area contributed by atoms with Gasteiger partial charge in [0.05, 0.1) is 5.41 Å². The lowest BCUT2D eigenvalue weighted by molar-refractivity contribution is -0.125. The van der Waals surface area contributed by atoms with E-state index in [9.17, 15) is 4.79 Å². The first-order chi connectivity index (χ1) is 13.5. The monoisotopic (exact) mass is 377 g/mol. The van der Waals surface area contributed by atoms with Crippen molar-refractivity contribution < 1.29 is 9.53 Å². The highest BCUT2D eigenvalue weighted by Gasteiger charge is 2.52. The molecule has 1 aromatic carbocycles. The molecule has 0 radical (unpaired) electrons. The molecule has 3 aliphatic rings. The molecule has 3 atom stereocenters. The third-order valence-corrected chi connectivity index (χ3v) is 6.51. The molecule has 1 N–H and O–H groups in total. The first-order valence-electron chi connectivity index (χ1n) is 10.3. The summed E-state index contributed by atoms with van der Waals surface area (Å²) in [5.74, 6) is 1.61. The van der Waals surface area contributed by atoms with E-state index in [-0.39, 0.29) is 23.7 Å². The first-order valence-corrected chi connectivity index (χ1v) is 10.3. The summed E-state index contributed by atoms with van der Waals surface area (Å²) in [7, 11) is 0. The van der Waals surface area contributed by atoms with Gasteiger partial charge in [0.15, 0.2) is 6.23 Å². The largest absolute Gasteiger partial charge is 0.347 e. The van der Waals surface area contributed by atoms with Crippen molar-refractivity contribution in [2.75, 3.05) is 16.8 Å². The minimum atomic E-state index is -0.171. The zero-order valence-corrected chi connectivity index (χ0v) is 16.5. The normalized spacial score (nSPS) is 29.2. The number of benzene rings is 1. The van der Waals surface area contributed by atoms with Crippen molar-refractivity contribution in [3.63, 3.8) is 0 Å². The van der Waals surface area contributed by atoms with Gasteiger partial charge in [0.1, 0.15) is 11.9 Å². The summed E-state index contributed by atoms with van der Waals surface area (Å²) < 4.78 is 5.79. The number of carbonyl (C=O) groups excluding carboxylic acids is 1. The van der Waals surface area contributed by atoms with Crippen molar-refractivity contribution in [2.45, 2.75) is 51.9 Å². The average molecular weight is 377 g/mol. The Balaban J connectivity index is 1.23. The molecule has 5 heteroatoms. The SMILES string of the molecule is Cc1cccc(CC2OC2Nc2cc(N3CC[C@@](C)(C4CC4)C3=O)ccn2)c1. The number of ether oxygens (including phenoxy) is 1. The highest BCUT2D eigenvalue weighted by atomic mass is 16.6. The maximum Gasteiger partial charge on any atom is 0.233 e. The van der Waals surface area contributed by atoms with Crippen LogP contribution in [-0.2, 0) is 16.0 Å². The third kappa shape index (κ3) is 3.28. The number of pyridine rings is 1. The highest BCUT2D eigenvalue weighted by molar-refractivity contribution is 6.00. The van der Waals surface area contributed by atoms with E-state index in [0.717, 1.165) is 30.9 Å². The molecule has 2 saturated heterocycles. The molecule has 5 rings (SSSR count).